The molecule has 3 aliphatic rings. The Morgan fingerprint density at radius 3 is 2.62 bits per heavy atom. The van der Waals surface area contributed by atoms with Crippen LogP contribution in [-0.2, 0) is 15.3 Å². The Balaban J connectivity index is 1.36. The van der Waals surface area contributed by atoms with Crippen molar-refractivity contribution < 1.29 is 18.7 Å². The molecule has 0 bridgehead atoms. The molecular weight excluding hydrogens is 435 g/mol. The minimum atomic E-state index is -0.831. The summed E-state index contributed by atoms with van der Waals surface area (Å²) in [6, 6.07) is 12.4. The van der Waals surface area contributed by atoms with Gasteiger partial charge in [-0.3, -0.25) is 0 Å². The molecule has 1 saturated carbocycles. The first kappa shape index (κ1) is 20.8. The van der Waals surface area contributed by atoms with Crippen molar-refractivity contribution in [3.05, 3.63) is 83.4 Å². The summed E-state index contributed by atoms with van der Waals surface area (Å²) in [4.78, 5) is 12.4. The smallest absolute Gasteiger partial charge is 0.234 e. The Morgan fingerprint density at radius 1 is 1.15 bits per heavy atom. The number of rotatable bonds is 4. The molecule has 3 aromatic rings. The number of hydrogen-bond donors (Lipinski definition) is 0. The van der Waals surface area contributed by atoms with E-state index in [0.717, 1.165) is 41.1 Å². The van der Waals surface area contributed by atoms with Gasteiger partial charge in [0, 0.05) is 18.7 Å². The highest BCUT2D eigenvalue weighted by Gasteiger charge is 2.58. The van der Waals surface area contributed by atoms with Crippen LogP contribution in [0.25, 0.3) is 11.8 Å². The summed E-state index contributed by atoms with van der Waals surface area (Å²) in [6.45, 7) is 4.58. The number of halogens is 1. The van der Waals surface area contributed by atoms with Gasteiger partial charge in [0.15, 0.2) is 5.76 Å². The van der Waals surface area contributed by atoms with Gasteiger partial charge in [0.25, 0.3) is 0 Å². The maximum Gasteiger partial charge on any atom is 0.234 e. The highest BCUT2D eigenvalue weighted by Crippen LogP contribution is 2.50. The molecule has 0 amide bonds. The van der Waals surface area contributed by atoms with E-state index in [0.29, 0.717) is 18.1 Å². The molecule has 1 aliphatic carbocycles. The van der Waals surface area contributed by atoms with Crippen molar-refractivity contribution >= 4 is 11.9 Å². The van der Waals surface area contributed by atoms with E-state index in [9.17, 15) is 4.39 Å². The van der Waals surface area contributed by atoms with Gasteiger partial charge in [0.05, 0.1) is 31.4 Å². The Morgan fingerprint density at radius 2 is 1.94 bits per heavy atom. The normalized spacial score (nSPS) is 23.4. The summed E-state index contributed by atoms with van der Waals surface area (Å²) in [7, 11) is 1.65. The molecule has 0 N–H and O–H groups in total. The van der Waals surface area contributed by atoms with Crippen molar-refractivity contribution in [3.8, 4) is 11.4 Å². The van der Waals surface area contributed by atoms with Crippen LogP contribution in [0.15, 0.2) is 65.9 Å². The third-order valence-corrected chi connectivity index (χ3v) is 6.75. The Bertz CT molecular complexity index is 1330. The topological polar surface area (TPSA) is 61.1 Å². The van der Waals surface area contributed by atoms with Gasteiger partial charge >= 0.3 is 0 Å². The molecule has 3 heterocycles. The fraction of sp³-hybridized carbons (Fsp3) is 0.308. The summed E-state index contributed by atoms with van der Waals surface area (Å²) >= 11 is 0. The number of hydrogen-bond acceptors (Lipinski definition) is 6. The van der Waals surface area contributed by atoms with E-state index in [4.69, 9.17) is 14.3 Å². The Hall–Kier alpha value is -3.81. The van der Waals surface area contributed by atoms with Crippen LogP contribution in [-0.4, -0.2) is 39.5 Å². The zero-order chi connectivity index (χ0) is 23.5. The zero-order valence-electron chi connectivity index (χ0n) is 19.3. The molecule has 34 heavy (non-hydrogen) atoms. The average Bonchev–Trinajstić information content (AvgIpc) is 3.27. The monoisotopic (exact) mass is 460 g/mol. The predicted molar refractivity (Wildman–Crippen MR) is 125 cm³/mol. The largest absolute Gasteiger partial charge is 0.495 e. The number of aryl methyl sites for hydroxylation is 1. The lowest BCUT2D eigenvalue weighted by Crippen LogP contribution is -2.53. The molecule has 1 spiro atoms. The molecule has 2 aromatic carbocycles. The van der Waals surface area contributed by atoms with Crippen molar-refractivity contribution in [1.29, 1.82) is 0 Å². The van der Waals surface area contributed by atoms with Crippen LogP contribution in [0, 0.1) is 12.7 Å². The molecule has 7 nitrogen and oxygen atoms in total. The number of methoxy groups -OCH3 is 1. The number of fused-ring (bicyclic) bond motifs is 1. The number of aromatic nitrogens is 2. The summed E-state index contributed by atoms with van der Waals surface area (Å²) in [5.74, 6) is 1.73. The van der Waals surface area contributed by atoms with E-state index < -0.39 is 5.72 Å². The van der Waals surface area contributed by atoms with E-state index in [-0.39, 0.29) is 11.4 Å². The first-order valence-electron chi connectivity index (χ1n) is 11.3. The van der Waals surface area contributed by atoms with Gasteiger partial charge in [-0.15, -0.1) is 0 Å². The quantitative estimate of drug-likeness (QED) is 0.562. The van der Waals surface area contributed by atoms with Gasteiger partial charge in [-0.05, 0) is 55.7 Å². The third kappa shape index (κ3) is 3.32. The second-order valence-corrected chi connectivity index (χ2v) is 9.23. The molecule has 1 unspecified atom stereocenters. The predicted octanol–water partition coefficient (Wildman–Crippen LogP) is 4.75. The van der Waals surface area contributed by atoms with Crippen LogP contribution in [0.5, 0.6) is 5.75 Å². The second-order valence-electron chi connectivity index (χ2n) is 9.23. The second kappa shape index (κ2) is 7.35. The molecule has 8 heteroatoms. The van der Waals surface area contributed by atoms with E-state index in [2.05, 4.69) is 15.0 Å². The van der Waals surface area contributed by atoms with Gasteiger partial charge in [0.2, 0.25) is 11.6 Å². The average molecular weight is 461 g/mol. The molecule has 174 valence electrons. The fourth-order valence-corrected chi connectivity index (χ4v) is 4.60. The van der Waals surface area contributed by atoms with Crippen LogP contribution in [0.2, 0.25) is 0 Å². The molecule has 1 atom stereocenters. The first-order chi connectivity index (χ1) is 16.4. The number of benzene rings is 2. The number of nitrogens with zero attached hydrogens (tertiary/aromatic N) is 4. The number of imidazole rings is 1. The zero-order valence-corrected chi connectivity index (χ0v) is 19.3. The maximum atomic E-state index is 13.5. The molecule has 6 rings (SSSR count). The summed E-state index contributed by atoms with van der Waals surface area (Å²) < 4.78 is 27.6. The summed E-state index contributed by atoms with van der Waals surface area (Å²) in [5, 5.41) is 4.40. The lowest BCUT2D eigenvalue weighted by Gasteiger charge is -2.41. The fourth-order valence-electron chi connectivity index (χ4n) is 4.60. The van der Waals surface area contributed by atoms with Crippen molar-refractivity contribution in [1.82, 2.24) is 14.5 Å². The molecule has 1 aromatic heterocycles. The van der Waals surface area contributed by atoms with Crippen LogP contribution in [0.3, 0.4) is 0 Å². The van der Waals surface area contributed by atoms with Crippen LogP contribution in [0.1, 0.15) is 36.6 Å². The summed E-state index contributed by atoms with van der Waals surface area (Å²) in [6.07, 6.45) is 7.63. The summed E-state index contributed by atoms with van der Waals surface area (Å²) in [5.41, 5.74) is 2.51. The van der Waals surface area contributed by atoms with Gasteiger partial charge in [0.1, 0.15) is 17.2 Å². The first-order valence-corrected chi connectivity index (χ1v) is 11.3. The van der Waals surface area contributed by atoms with Gasteiger partial charge < -0.3 is 23.8 Å². The van der Waals surface area contributed by atoms with E-state index >= 15 is 0 Å². The number of oxime groups is 1. The van der Waals surface area contributed by atoms with Crippen LogP contribution < -0.4 is 4.74 Å². The van der Waals surface area contributed by atoms with Crippen LogP contribution in [0.4, 0.5) is 4.39 Å². The lowest BCUT2D eigenvalue weighted by atomic mass is 10.0. The number of amidine groups is 1. The number of morpholine rings is 1. The molecule has 0 radical (unpaired) electrons. The van der Waals surface area contributed by atoms with Gasteiger partial charge in [-0.2, -0.15) is 0 Å². The van der Waals surface area contributed by atoms with Crippen LogP contribution >= 0.6 is 0 Å². The van der Waals surface area contributed by atoms with E-state index in [1.165, 1.54) is 12.1 Å². The molecule has 2 aliphatic heterocycles. The van der Waals surface area contributed by atoms with E-state index in [1.807, 2.05) is 48.9 Å². The minimum Gasteiger partial charge on any atom is -0.495 e. The molecular formula is C26H25FN4O3. The van der Waals surface area contributed by atoms with Crippen molar-refractivity contribution in [2.24, 2.45) is 5.16 Å². The van der Waals surface area contributed by atoms with Crippen molar-refractivity contribution in [2.75, 3.05) is 13.7 Å². The minimum absolute atomic E-state index is 0.252. The standard InChI is InChI=1S/C26H25FN4O3/c1-17-14-30(16-28-17)21-9-4-18(12-22(21)32-3)13-23-24-29-34-25(2,19-5-7-20(27)8-6-19)31(24)15-26(33-23)10-11-26/h4-9,12-14,16H,10-11,15H2,1-3H3/b23-13-. The van der Waals surface area contributed by atoms with E-state index in [1.54, 1.807) is 25.6 Å². The van der Waals surface area contributed by atoms with Gasteiger partial charge in [-0.1, -0.05) is 23.4 Å². The third-order valence-electron chi connectivity index (χ3n) is 6.75. The Labute approximate surface area is 197 Å². The molecule has 2 fully saturated rings. The molecule has 1 saturated heterocycles. The maximum absolute atomic E-state index is 13.5. The lowest BCUT2D eigenvalue weighted by molar-refractivity contribution is -0.108. The Kier molecular flexibility index (Phi) is 4.49. The van der Waals surface area contributed by atoms with Crippen molar-refractivity contribution in [2.45, 2.75) is 38.0 Å². The van der Waals surface area contributed by atoms with Crippen molar-refractivity contribution in [3.63, 3.8) is 0 Å². The highest BCUT2D eigenvalue weighted by molar-refractivity contribution is 6.02. The SMILES string of the molecule is COc1cc(/C=C2\OC3(CC3)CN3C2=NOC3(C)c2ccc(F)cc2)ccc1-n1cnc(C)c1. The number of ether oxygens (including phenoxy) is 2. The highest BCUT2D eigenvalue weighted by atomic mass is 19.1. The van der Waals surface area contributed by atoms with Gasteiger partial charge in [-0.25, -0.2) is 9.37 Å².